The maximum atomic E-state index is 13.2. The van der Waals surface area contributed by atoms with Gasteiger partial charge < -0.3 is 18.6 Å². The number of amides is 1. The number of ether oxygens (including phenoxy) is 3. The van der Waals surface area contributed by atoms with Crippen molar-refractivity contribution in [2.45, 2.75) is 6.04 Å². The smallest absolute Gasteiger partial charge is 0.344 e. The summed E-state index contributed by atoms with van der Waals surface area (Å²) in [4.78, 5) is 38.5. The lowest BCUT2D eigenvalue weighted by atomic mass is 10.0. The molecule has 0 saturated carbocycles. The van der Waals surface area contributed by atoms with Gasteiger partial charge in [-0.15, -0.1) is 0 Å². The minimum absolute atomic E-state index is 0.280. The fourth-order valence-corrected chi connectivity index (χ4v) is 3.94. The number of nitrogens with zero attached hydrogens (tertiary/aromatic N) is 1. The zero-order chi connectivity index (χ0) is 24.2. The minimum Gasteiger partial charge on any atom is -0.489 e. The Labute approximate surface area is 200 Å². The van der Waals surface area contributed by atoms with Gasteiger partial charge in [-0.1, -0.05) is 42.5 Å². The van der Waals surface area contributed by atoms with Gasteiger partial charge in [-0.3, -0.25) is 9.69 Å². The molecule has 4 aromatic rings. The summed E-state index contributed by atoms with van der Waals surface area (Å²) in [6.45, 7) is -0.577. The number of anilines is 1. The van der Waals surface area contributed by atoms with E-state index < -0.39 is 24.8 Å². The van der Waals surface area contributed by atoms with E-state index in [-0.39, 0.29) is 18.6 Å². The third kappa shape index (κ3) is 4.86. The first-order chi connectivity index (χ1) is 17.1. The van der Waals surface area contributed by atoms with Crippen LogP contribution in [-0.4, -0.2) is 31.7 Å². The summed E-state index contributed by atoms with van der Waals surface area (Å²) in [5, 5.41) is 0.726. The Kier molecular flexibility index (Phi) is 6.17. The SMILES string of the molecule is O=C(COc1ccc2ccc(=O)oc2c1)OCC(=O)N1c2ccccc2OCC1c1ccccc1. The fourth-order valence-electron chi connectivity index (χ4n) is 3.94. The molecule has 0 bridgehead atoms. The van der Waals surface area contributed by atoms with Crippen molar-refractivity contribution in [3.63, 3.8) is 0 Å². The highest BCUT2D eigenvalue weighted by molar-refractivity contribution is 5.97. The Hall–Kier alpha value is -4.59. The van der Waals surface area contributed by atoms with Crippen LogP contribution in [0.4, 0.5) is 5.69 Å². The van der Waals surface area contributed by atoms with Crippen LogP contribution in [0.1, 0.15) is 11.6 Å². The molecule has 1 aliphatic rings. The number of fused-ring (bicyclic) bond motifs is 2. The van der Waals surface area contributed by atoms with Crippen molar-refractivity contribution in [1.29, 1.82) is 0 Å². The molecule has 176 valence electrons. The van der Waals surface area contributed by atoms with Gasteiger partial charge in [0.15, 0.2) is 13.2 Å². The number of carbonyl (C=O) groups excluding carboxylic acids is 2. The first-order valence-electron chi connectivity index (χ1n) is 11.0. The molecule has 1 aliphatic heterocycles. The average Bonchev–Trinajstić information content (AvgIpc) is 2.90. The van der Waals surface area contributed by atoms with E-state index in [0.717, 1.165) is 10.9 Å². The summed E-state index contributed by atoms with van der Waals surface area (Å²) in [6.07, 6.45) is 0. The average molecular weight is 471 g/mol. The molecule has 2 heterocycles. The molecule has 5 rings (SSSR count). The van der Waals surface area contributed by atoms with Crippen LogP contribution in [0.15, 0.2) is 94.1 Å². The van der Waals surface area contributed by atoms with E-state index in [4.69, 9.17) is 18.6 Å². The van der Waals surface area contributed by atoms with Crippen molar-refractivity contribution in [3.8, 4) is 11.5 Å². The maximum Gasteiger partial charge on any atom is 0.344 e. The van der Waals surface area contributed by atoms with Crippen LogP contribution < -0.4 is 20.0 Å². The molecule has 8 heteroatoms. The first-order valence-corrected chi connectivity index (χ1v) is 11.0. The molecule has 1 atom stereocenters. The van der Waals surface area contributed by atoms with Crippen LogP contribution in [0.2, 0.25) is 0 Å². The predicted molar refractivity (Wildman–Crippen MR) is 128 cm³/mol. The van der Waals surface area contributed by atoms with Crippen molar-refractivity contribution < 1.29 is 28.2 Å². The van der Waals surface area contributed by atoms with Gasteiger partial charge in [0.1, 0.15) is 23.7 Å². The maximum absolute atomic E-state index is 13.2. The molecule has 35 heavy (non-hydrogen) atoms. The van der Waals surface area contributed by atoms with Gasteiger partial charge in [-0.05, 0) is 35.9 Å². The van der Waals surface area contributed by atoms with Crippen LogP contribution in [0.25, 0.3) is 11.0 Å². The van der Waals surface area contributed by atoms with Crippen molar-refractivity contribution in [3.05, 3.63) is 101 Å². The van der Waals surface area contributed by atoms with Gasteiger partial charge in [0, 0.05) is 17.5 Å². The van der Waals surface area contributed by atoms with Gasteiger partial charge >= 0.3 is 11.6 Å². The Bertz CT molecular complexity index is 1430. The molecule has 0 aliphatic carbocycles. The zero-order valence-electron chi connectivity index (χ0n) is 18.6. The molecule has 0 N–H and O–H groups in total. The van der Waals surface area contributed by atoms with Crippen molar-refractivity contribution in [1.82, 2.24) is 0 Å². The highest BCUT2D eigenvalue weighted by Crippen LogP contribution is 2.39. The Morgan fingerprint density at radius 2 is 1.69 bits per heavy atom. The molecule has 0 fully saturated rings. The molecule has 0 spiro atoms. The number of hydrogen-bond donors (Lipinski definition) is 0. The summed E-state index contributed by atoms with van der Waals surface area (Å²) in [5.74, 6) is -0.159. The summed E-state index contributed by atoms with van der Waals surface area (Å²) < 4.78 is 21.7. The van der Waals surface area contributed by atoms with E-state index in [0.29, 0.717) is 22.8 Å². The first kappa shape index (κ1) is 22.2. The van der Waals surface area contributed by atoms with Crippen molar-refractivity contribution >= 4 is 28.5 Å². The molecule has 3 aromatic carbocycles. The van der Waals surface area contributed by atoms with Crippen LogP contribution in [-0.2, 0) is 14.3 Å². The summed E-state index contributed by atoms with van der Waals surface area (Å²) >= 11 is 0. The molecule has 8 nitrogen and oxygen atoms in total. The molecule has 0 radical (unpaired) electrons. The summed E-state index contributed by atoms with van der Waals surface area (Å²) in [7, 11) is 0. The standard InChI is InChI=1S/C27H21NO7/c29-25(16-34-27(31)17-32-20-12-10-19-11-13-26(30)35-24(19)14-20)28-21-8-4-5-9-23(21)33-15-22(28)18-6-2-1-3-7-18/h1-14,22H,15-17H2. The van der Waals surface area contributed by atoms with Crippen LogP contribution >= 0.6 is 0 Å². The van der Waals surface area contributed by atoms with E-state index in [9.17, 15) is 14.4 Å². The third-order valence-corrected chi connectivity index (χ3v) is 5.59. The minimum atomic E-state index is -0.703. The summed E-state index contributed by atoms with van der Waals surface area (Å²) in [6, 6.07) is 24.3. The number of carbonyl (C=O) groups is 2. The number of rotatable bonds is 6. The normalized spacial score (nSPS) is 14.6. The van der Waals surface area contributed by atoms with Gasteiger partial charge in [0.25, 0.3) is 5.91 Å². The van der Waals surface area contributed by atoms with Gasteiger partial charge in [-0.2, -0.15) is 0 Å². The lowest BCUT2D eigenvalue weighted by Gasteiger charge is -2.37. The number of esters is 1. The van der Waals surface area contributed by atoms with Crippen LogP contribution in [0.3, 0.4) is 0 Å². The monoisotopic (exact) mass is 471 g/mol. The predicted octanol–water partition coefficient (Wildman–Crippen LogP) is 3.88. The van der Waals surface area contributed by atoms with E-state index in [2.05, 4.69) is 0 Å². The lowest BCUT2D eigenvalue weighted by molar-refractivity contribution is -0.150. The Morgan fingerprint density at radius 1 is 0.914 bits per heavy atom. The van der Waals surface area contributed by atoms with Gasteiger partial charge in [0.05, 0.1) is 11.7 Å². The molecular weight excluding hydrogens is 450 g/mol. The second-order valence-electron chi connectivity index (χ2n) is 7.87. The Morgan fingerprint density at radius 3 is 2.54 bits per heavy atom. The van der Waals surface area contributed by atoms with Crippen LogP contribution in [0, 0.1) is 0 Å². The largest absolute Gasteiger partial charge is 0.489 e. The highest BCUT2D eigenvalue weighted by Gasteiger charge is 2.33. The molecule has 0 saturated heterocycles. The van der Waals surface area contributed by atoms with Crippen molar-refractivity contribution in [2.75, 3.05) is 24.7 Å². The zero-order valence-corrected chi connectivity index (χ0v) is 18.6. The molecule has 1 aromatic heterocycles. The third-order valence-electron chi connectivity index (χ3n) is 5.59. The van der Waals surface area contributed by atoms with Crippen molar-refractivity contribution in [2.24, 2.45) is 0 Å². The second kappa shape index (κ2) is 9.72. The number of para-hydroxylation sites is 2. The Balaban J connectivity index is 1.25. The lowest BCUT2D eigenvalue weighted by Crippen LogP contribution is -2.43. The summed E-state index contributed by atoms with van der Waals surface area (Å²) in [5.41, 5.74) is 1.39. The second-order valence-corrected chi connectivity index (χ2v) is 7.87. The van der Waals surface area contributed by atoms with Gasteiger partial charge in [0.2, 0.25) is 0 Å². The van der Waals surface area contributed by atoms with E-state index >= 15 is 0 Å². The van der Waals surface area contributed by atoms with E-state index in [1.807, 2.05) is 42.5 Å². The van der Waals surface area contributed by atoms with Crippen LogP contribution in [0.5, 0.6) is 11.5 Å². The van der Waals surface area contributed by atoms with Gasteiger partial charge in [-0.25, -0.2) is 9.59 Å². The van der Waals surface area contributed by atoms with E-state index in [1.165, 1.54) is 12.1 Å². The van der Waals surface area contributed by atoms with E-state index in [1.54, 1.807) is 35.2 Å². The quantitative estimate of drug-likeness (QED) is 0.311. The molecule has 1 amide bonds. The molecular formula is C27H21NO7. The number of benzene rings is 3. The molecule has 1 unspecified atom stereocenters. The number of hydrogen-bond acceptors (Lipinski definition) is 7. The fraction of sp³-hybridized carbons (Fsp3) is 0.148. The highest BCUT2D eigenvalue weighted by atomic mass is 16.6. The topological polar surface area (TPSA) is 95.3 Å².